The number of rotatable bonds is 6. The van der Waals surface area contributed by atoms with Crippen molar-refractivity contribution in [3.63, 3.8) is 0 Å². The first-order valence-corrected chi connectivity index (χ1v) is 8.20. The molecule has 0 radical (unpaired) electrons. The SMILES string of the molecule is COc1ccc(COC(=O)c2ccc(-c3ccc(Cl)cc3[N+](=O)[O-])o2)cc1. The van der Waals surface area contributed by atoms with Gasteiger partial charge in [-0.1, -0.05) is 23.7 Å². The van der Waals surface area contributed by atoms with E-state index >= 15 is 0 Å². The van der Waals surface area contributed by atoms with E-state index in [0.717, 1.165) is 5.56 Å². The average molecular weight is 388 g/mol. The first-order valence-electron chi connectivity index (χ1n) is 7.82. The number of carbonyl (C=O) groups is 1. The molecule has 3 aromatic rings. The van der Waals surface area contributed by atoms with Crippen LogP contribution in [0, 0.1) is 10.1 Å². The molecule has 0 saturated carbocycles. The van der Waals surface area contributed by atoms with Crippen molar-refractivity contribution in [1.82, 2.24) is 0 Å². The van der Waals surface area contributed by atoms with Crippen LogP contribution >= 0.6 is 11.6 Å². The van der Waals surface area contributed by atoms with E-state index in [4.69, 9.17) is 25.5 Å². The molecule has 0 aliphatic carbocycles. The lowest BCUT2D eigenvalue weighted by Gasteiger charge is -2.05. The highest BCUT2D eigenvalue weighted by Crippen LogP contribution is 2.33. The zero-order chi connectivity index (χ0) is 19.4. The molecule has 8 heteroatoms. The summed E-state index contributed by atoms with van der Waals surface area (Å²) in [5, 5.41) is 11.4. The van der Waals surface area contributed by atoms with Crippen LogP contribution in [0.5, 0.6) is 5.75 Å². The zero-order valence-electron chi connectivity index (χ0n) is 14.2. The highest BCUT2D eigenvalue weighted by molar-refractivity contribution is 6.30. The normalized spacial score (nSPS) is 10.4. The van der Waals surface area contributed by atoms with Gasteiger partial charge in [0, 0.05) is 11.1 Å². The molecule has 0 aliphatic rings. The molecular formula is C19H14ClNO6. The van der Waals surface area contributed by atoms with Crippen LogP contribution in [-0.2, 0) is 11.3 Å². The van der Waals surface area contributed by atoms with Gasteiger partial charge in [-0.25, -0.2) is 4.79 Å². The van der Waals surface area contributed by atoms with Gasteiger partial charge < -0.3 is 13.9 Å². The van der Waals surface area contributed by atoms with E-state index in [1.54, 1.807) is 31.4 Å². The van der Waals surface area contributed by atoms with E-state index in [9.17, 15) is 14.9 Å². The Labute approximate surface area is 159 Å². The Balaban J connectivity index is 1.73. The molecular weight excluding hydrogens is 374 g/mol. The predicted molar refractivity (Wildman–Crippen MR) is 97.9 cm³/mol. The monoisotopic (exact) mass is 387 g/mol. The summed E-state index contributed by atoms with van der Waals surface area (Å²) < 4.78 is 15.7. The van der Waals surface area contributed by atoms with Crippen LogP contribution in [0.15, 0.2) is 59.0 Å². The first kappa shape index (κ1) is 18.5. The first-order chi connectivity index (χ1) is 13.0. The van der Waals surface area contributed by atoms with Crippen LogP contribution in [0.1, 0.15) is 16.1 Å². The van der Waals surface area contributed by atoms with E-state index < -0.39 is 10.9 Å². The Morgan fingerprint density at radius 3 is 2.56 bits per heavy atom. The Kier molecular flexibility index (Phi) is 5.42. The number of benzene rings is 2. The van der Waals surface area contributed by atoms with Crippen LogP contribution in [0.3, 0.4) is 0 Å². The van der Waals surface area contributed by atoms with Gasteiger partial charge in [0.05, 0.1) is 17.6 Å². The summed E-state index contributed by atoms with van der Waals surface area (Å²) in [5.74, 6) is 0.150. The fourth-order valence-electron chi connectivity index (χ4n) is 2.40. The molecule has 0 unspecified atom stereocenters. The van der Waals surface area contributed by atoms with E-state index in [1.807, 2.05) is 0 Å². The molecule has 3 rings (SSSR count). The molecule has 7 nitrogen and oxygen atoms in total. The number of halogens is 1. The number of methoxy groups -OCH3 is 1. The van der Waals surface area contributed by atoms with Gasteiger partial charge in [-0.15, -0.1) is 0 Å². The van der Waals surface area contributed by atoms with Crippen LogP contribution in [0.25, 0.3) is 11.3 Å². The molecule has 1 heterocycles. The van der Waals surface area contributed by atoms with Gasteiger partial charge in [-0.2, -0.15) is 0 Å². The van der Waals surface area contributed by atoms with E-state index in [1.165, 1.54) is 30.3 Å². The van der Waals surface area contributed by atoms with Crippen LogP contribution < -0.4 is 4.74 Å². The maximum atomic E-state index is 12.2. The van der Waals surface area contributed by atoms with Crippen LogP contribution in [-0.4, -0.2) is 18.0 Å². The molecule has 1 aromatic heterocycles. The second-order valence-corrected chi connectivity index (χ2v) is 5.94. The Hall–Kier alpha value is -3.32. The molecule has 0 atom stereocenters. The number of carbonyl (C=O) groups excluding carboxylic acids is 1. The quantitative estimate of drug-likeness (QED) is 0.340. The highest BCUT2D eigenvalue weighted by atomic mass is 35.5. The van der Waals surface area contributed by atoms with E-state index in [0.29, 0.717) is 5.75 Å². The minimum Gasteiger partial charge on any atom is -0.497 e. The summed E-state index contributed by atoms with van der Waals surface area (Å²) in [6.45, 7) is 0.0555. The lowest BCUT2D eigenvalue weighted by atomic mass is 10.1. The summed E-state index contributed by atoms with van der Waals surface area (Å²) in [5.41, 5.74) is 0.790. The van der Waals surface area contributed by atoms with Gasteiger partial charge in [-0.3, -0.25) is 10.1 Å². The minimum absolute atomic E-state index is 0.0530. The molecule has 0 N–H and O–H groups in total. The number of furan rings is 1. The van der Waals surface area contributed by atoms with Crippen molar-refractivity contribution in [2.45, 2.75) is 6.61 Å². The molecule has 2 aromatic carbocycles. The maximum Gasteiger partial charge on any atom is 0.374 e. The third-order valence-electron chi connectivity index (χ3n) is 3.76. The van der Waals surface area contributed by atoms with Crippen LogP contribution in [0.2, 0.25) is 5.02 Å². The molecule has 138 valence electrons. The number of esters is 1. The second kappa shape index (κ2) is 7.92. The van der Waals surface area contributed by atoms with Crippen molar-refractivity contribution in [2.75, 3.05) is 7.11 Å². The van der Waals surface area contributed by atoms with Gasteiger partial charge in [0.2, 0.25) is 5.76 Å². The smallest absolute Gasteiger partial charge is 0.374 e. The van der Waals surface area contributed by atoms with Crippen molar-refractivity contribution in [1.29, 1.82) is 0 Å². The molecule has 0 saturated heterocycles. The predicted octanol–water partition coefficient (Wildman–Crippen LogP) is 4.87. The van der Waals surface area contributed by atoms with Gasteiger partial charge in [0.15, 0.2) is 0 Å². The van der Waals surface area contributed by atoms with Crippen LogP contribution in [0.4, 0.5) is 5.69 Å². The fourth-order valence-corrected chi connectivity index (χ4v) is 2.56. The average Bonchev–Trinajstić information content (AvgIpc) is 3.16. The Bertz CT molecular complexity index is 980. The number of hydrogen-bond acceptors (Lipinski definition) is 6. The molecule has 0 amide bonds. The summed E-state index contributed by atoms with van der Waals surface area (Å²) in [6.07, 6.45) is 0. The third kappa shape index (κ3) is 4.27. The lowest BCUT2D eigenvalue weighted by molar-refractivity contribution is -0.384. The van der Waals surface area contributed by atoms with Gasteiger partial charge in [0.25, 0.3) is 5.69 Å². The number of nitro benzene ring substituents is 1. The van der Waals surface area contributed by atoms with E-state index in [2.05, 4.69) is 0 Å². The third-order valence-corrected chi connectivity index (χ3v) is 3.99. The number of nitrogens with zero attached hydrogens (tertiary/aromatic N) is 1. The maximum absolute atomic E-state index is 12.2. The van der Waals surface area contributed by atoms with E-state index in [-0.39, 0.29) is 34.4 Å². The van der Waals surface area contributed by atoms with Crippen molar-refractivity contribution in [2.24, 2.45) is 0 Å². The number of hydrogen-bond donors (Lipinski definition) is 0. The van der Waals surface area contributed by atoms with Gasteiger partial charge in [-0.05, 0) is 42.0 Å². The second-order valence-electron chi connectivity index (χ2n) is 5.51. The summed E-state index contributed by atoms with van der Waals surface area (Å²) in [7, 11) is 1.56. The standard InChI is InChI=1S/C19H14ClNO6/c1-25-14-5-2-12(3-6-14)11-26-19(22)18-9-8-17(27-18)15-7-4-13(20)10-16(15)21(23)24/h2-10H,11H2,1H3. The topological polar surface area (TPSA) is 91.8 Å². The Morgan fingerprint density at radius 2 is 1.89 bits per heavy atom. The van der Waals surface area contributed by atoms with Crippen molar-refractivity contribution < 1.29 is 23.6 Å². The summed E-state index contributed by atoms with van der Waals surface area (Å²) >= 11 is 5.81. The highest BCUT2D eigenvalue weighted by Gasteiger charge is 2.21. The van der Waals surface area contributed by atoms with Crippen molar-refractivity contribution >= 4 is 23.3 Å². The van der Waals surface area contributed by atoms with Gasteiger partial charge in [0.1, 0.15) is 18.1 Å². The van der Waals surface area contributed by atoms with Crippen molar-refractivity contribution in [3.05, 3.63) is 81.1 Å². The molecule has 0 spiro atoms. The molecule has 0 aliphatic heterocycles. The Morgan fingerprint density at radius 1 is 1.15 bits per heavy atom. The largest absolute Gasteiger partial charge is 0.497 e. The number of ether oxygens (including phenoxy) is 2. The minimum atomic E-state index is -0.673. The molecule has 0 fully saturated rings. The molecule has 27 heavy (non-hydrogen) atoms. The molecule has 0 bridgehead atoms. The fraction of sp³-hybridized carbons (Fsp3) is 0.105. The van der Waals surface area contributed by atoms with Gasteiger partial charge >= 0.3 is 5.97 Å². The zero-order valence-corrected chi connectivity index (χ0v) is 14.9. The summed E-state index contributed by atoms with van der Waals surface area (Å²) in [4.78, 5) is 22.8. The lowest BCUT2D eigenvalue weighted by Crippen LogP contribution is -2.03. The summed E-state index contributed by atoms with van der Waals surface area (Å²) in [6, 6.07) is 14.1. The van der Waals surface area contributed by atoms with Crippen molar-refractivity contribution in [3.8, 4) is 17.1 Å². The number of nitro groups is 1.